The van der Waals surface area contributed by atoms with E-state index in [0.717, 1.165) is 50.0 Å². The summed E-state index contributed by atoms with van der Waals surface area (Å²) in [5.41, 5.74) is 7.54. The lowest BCUT2D eigenvalue weighted by Gasteiger charge is -2.26. The SMILES string of the molecule is c1ccc(N(c2cccc(-c3cccc4oc5c6ccccc6ccc5c34)c2)c2ccc3sc4ccccc4c3c2)cc1. The van der Waals surface area contributed by atoms with Crippen LogP contribution in [-0.4, -0.2) is 0 Å². The van der Waals surface area contributed by atoms with Crippen LogP contribution in [0, 0.1) is 0 Å². The molecule has 2 nitrogen and oxygen atoms in total. The highest BCUT2D eigenvalue weighted by atomic mass is 32.1. The molecule has 0 atom stereocenters. The maximum atomic E-state index is 6.50. The molecule has 0 amide bonds. The fourth-order valence-electron chi connectivity index (χ4n) is 6.48. The molecule has 0 aliphatic heterocycles. The van der Waals surface area contributed by atoms with Crippen LogP contribution >= 0.6 is 11.3 Å². The van der Waals surface area contributed by atoms with Gasteiger partial charge in [-0.25, -0.2) is 0 Å². The zero-order chi connectivity index (χ0) is 28.3. The van der Waals surface area contributed by atoms with Crippen molar-refractivity contribution in [1.29, 1.82) is 0 Å². The maximum Gasteiger partial charge on any atom is 0.143 e. The largest absolute Gasteiger partial charge is 0.455 e. The highest BCUT2D eigenvalue weighted by Gasteiger charge is 2.18. The van der Waals surface area contributed by atoms with Crippen molar-refractivity contribution in [2.45, 2.75) is 0 Å². The number of thiophene rings is 1. The van der Waals surface area contributed by atoms with Crippen LogP contribution in [0.15, 0.2) is 156 Å². The first-order chi connectivity index (χ1) is 21.3. The number of hydrogen-bond donors (Lipinski definition) is 0. The lowest BCUT2D eigenvalue weighted by atomic mass is 9.97. The molecular weight excluding hydrogens is 543 g/mol. The van der Waals surface area contributed by atoms with Gasteiger partial charge in [-0.2, -0.15) is 0 Å². The van der Waals surface area contributed by atoms with Crippen LogP contribution in [0.25, 0.3) is 64.0 Å². The predicted octanol–water partition coefficient (Wildman–Crippen LogP) is 12.2. The fourth-order valence-corrected chi connectivity index (χ4v) is 7.57. The molecule has 0 fully saturated rings. The van der Waals surface area contributed by atoms with Crippen molar-refractivity contribution in [2.24, 2.45) is 0 Å². The Morgan fingerprint density at radius 2 is 1.21 bits per heavy atom. The van der Waals surface area contributed by atoms with Crippen molar-refractivity contribution in [3.05, 3.63) is 152 Å². The fraction of sp³-hybridized carbons (Fsp3) is 0. The van der Waals surface area contributed by atoms with E-state index in [1.165, 1.54) is 31.1 Å². The Morgan fingerprint density at radius 1 is 0.465 bits per heavy atom. The molecule has 202 valence electrons. The molecule has 0 bridgehead atoms. The van der Waals surface area contributed by atoms with E-state index >= 15 is 0 Å². The molecule has 0 saturated heterocycles. The Labute approximate surface area is 252 Å². The van der Waals surface area contributed by atoms with Gasteiger partial charge in [0, 0.05) is 53.4 Å². The van der Waals surface area contributed by atoms with Gasteiger partial charge in [0.2, 0.25) is 0 Å². The molecule has 0 spiro atoms. The summed E-state index contributed by atoms with van der Waals surface area (Å²) in [5, 5.41) is 7.21. The van der Waals surface area contributed by atoms with Crippen molar-refractivity contribution in [2.75, 3.05) is 4.90 Å². The molecule has 9 rings (SSSR count). The molecule has 9 aromatic rings. The third-order valence-corrected chi connectivity index (χ3v) is 9.59. The average Bonchev–Trinajstić information content (AvgIpc) is 3.64. The Morgan fingerprint density at radius 3 is 2.14 bits per heavy atom. The van der Waals surface area contributed by atoms with Gasteiger partial charge in [-0.05, 0) is 77.2 Å². The van der Waals surface area contributed by atoms with E-state index < -0.39 is 0 Å². The predicted molar refractivity (Wildman–Crippen MR) is 184 cm³/mol. The van der Waals surface area contributed by atoms with Crippen LogP contribution in [0.3, 0.4) is 0 Å². The third kappa shape index (κ3) is 3.86. The summed E-state index contributed by atoms with van der Waals surface area (Å²) >= 11 is 1.85. The number of para-hydroxylation sites is 1. The number of benzene rings is 7. The normalized spacial score (nSPS) is 11.7. The van der Waals surface area contributed by atoms with Crippen LogP contribution in [0.4, 0.5) is 17.1 Å². The van der Waals surface area contributed by atoms with E-state index in [1.54, 1.807) is 0 Å². The van der Waals surface area contributed by atoms with Gasteiger partial charge < -0.3 is 9.32 Å². The summed E-state index contributed by atoms with van der Waals surface area (Å²) in [6, 6.07) is 54.3. The Balaban J connectivity index is 1.25. The van der Waals surface area contributed by atoms with Crippen LogP contribution in [-0.2, 0) is 0 Å². The first-order valence-electron chi connectivity index (χ1n) is 14.5. The summed E-state index contributed by atoms with van der Waals surface area (Å²) in [6.45, 7) is 0. The number of fused-ring (bicyclic) bond motifs is 8. The van der Waals surface area contributed by atoms with Gasteiger partial charge in [0.1, 0.15) is 11.2 Å². The summed E-state index contributed by atoms with van der Waals surface area (Å²) in [7, 11) is 0. The van der Waals surface area contributed by atoms with E-state index in [-0.39, 0.29) is 0 Å². The summed E-state index contributed by atoms with van der Waals surface area (Å²) in [5.74, 6) is 0. The molecule has 0 saturated carbocycles. The molecule has 43 heavy (non-hydrogen) atoms. The van der Waals surface area contributed by atoms with Crippen LogP contribution < -0.4 is 4.90 Å². The van der Waals surface area contributed by atoms with Gasteiger partial charge in [0.25, 0.3) is 0 Å². The highest BCUT2D eigenvalue weighted by molar-refractivity contribution is 7.25. The van der Waals surface area contributed by atoms with Crippen molar-refractivity contribution < 1.29 is 4.42 Å². The second-order valence-corrected chi connectivity index (χ2v) is 12.0. The minimum Gasteiger partial charge on any atom is -0.455 e. The zero-order valence-corrected chi connectivity index (χ0v) is 24.0. The maximum absolute atomic E-state index is 6.50. The van der Waals surface area contributed by atoms with Crippen molar-refractivity contribution in [1.82, 2.24) is 0 Å². The Hall–Kier alpha value is -5.38. The smallest absolute Gasteiger partial charge is 0.143 e. The Bertz CT molecular complexity index is 2470. The summed E-state index contributed by atoms with van der Waals surface area (Å²) in [6.07, 6.45) is 0. The third-order valence-electron chi connectivity index (χ3n) is 8.44. The number of hydrogen-bond acceptors (Lipinski definition) is 3. The molecular formula is C40H25NOS. The molecule has 7 aromatic carbocycles. The minimum absolute atomic E-state index is 0.906. The van der Waals surface area contributed by atoms with Gasteiger partial charge in [-0.1, -0.05) is 91.0 Å². The lowest BCUT2D eigenvalue weighted by Crippen LogP contribution is -2.09. The molecule has 0 aliphatic carbocycles. The summed E-state index contributed by atoms with van der Waals surface area (Å²) < 4.78 is 9.12. The van der Waals surface area contributed by atoms with Gasteiger partial charge in [0.15, 0.2) is 0 Å². The van der Waals surface area contributed by atoms with Crippen molar-refractivity contribution in [3.63, 3.8) is 0 Å². The number of anilines is 3. The highest BCUT2D eigenvalue weighted by Crippen LogP contribution is 2.43. The van der Waals surface area contributed by atoms with E-state index in [0.29, 0.717) is 0 Å². The molecule has 0 N–H and O–H groups in total. The lowest BCUT2D eigenvalue weighted by molar-refractivity contribution is 0.673. The average molecular weight is 568 g/mol. The van der Waals surface area contributed by atoms with Crippen LogP contribution in [0.1, 0.15) is 0 Å². The van der Waals surface area contributed by atoms with Crippen molar-refractivity contribution >= 4 is 81.3 Å². The van der Waals surface area contributed by atoms with Gasteiger partial charge in [0.05, 0.1) is 0 Å². The molecule has 0 radical (unpaired) electrons. The zero-order valence-electron chi connectivity index (χ0n) is 23.2. The van der Waals surface area contributed by atoms with Crippen LogP contribution in [0.2, 0.25) is 0 Å². The first kappa shape index (κ1) is 24.2. The quantitative estimate of drug-likeness (QED) is 0.210. The summed E-state index contributed by atoms with van der Waals surface area (Å²) in [4.78, 5) is 2.36. The Kier molecular flexibility index (Phi) is 5.40. The molecule has 3 heteroatoms. The molecule has 0 unspecified atom stereocenters. The van der Waals surface area contributed by atoms with E-state index in [2.05, 4.69) is 157 Å². The minimum atomic E-state index is 0.906. The molecule has 2 heterocycles. The number of rotatable bonds is 4. The first-order valence-corrected chi connectivity index (χ1v) is 15.3. The topological polar surface area (TPSA) is 16.4 Å². The van der Waals surface area contributed by atoms with Gasteiger partial charge >= 0.3 is 0 Å². The van der Waals surface area contributed by atoms with Crippen LogP contribution in [0.5, 0.6) is 0 Å². The standard InChI is InChI=1S/C40H25NOS/c1-2-12-28(13-3-1)41(30-21-23-38-35(25-30)33-16-6-7-19-37(33)43-38)29-14-8-11-27(24-29)31-17-9-18-36-39(31)34-22-20-26-10-4-5-15-32(26)40(34)42-36/h1-25H. The van der Waals surface area contributed by atoms with E-state index in [1.807, 2.05) is 11.3 Å². The van der Waals surface area contributed by atoms with E-state index in [9.17, 15) is 0 Å². The molecule has 0 aliphatic rings. The number of nitrogens with zero attached hydrogens (tertiary/aromatic N) is 1. The second-order valence-electron chi connectivity index (χ2n) is 10.9. The monoisotopic (exact) mass is 567 g/mol. The second kappa shape index (κ2) is 9.59. The van der Waals surface area contributed by atoms with E-state index in [4.69, 9.17) is 4.42 Å². The van der Waals surface area contributed by atoms with Gasteiger partial charge in [-0.3, -0.25) is 0 Å². The van der Waals surface area contributed by atoms with Gasteiger partial charge in [-0.15, -0.1) is 11.3 Å². The number of furan rings is 1. The van der Waals surface area contributed by atoms with Crippen molar-refractivity contribution in [3.8, 4) is 11.1 Å². The molecule has 2 aromatic heterocycles.